The normalized spacial score (nSPS) is 21.0. The fourth-order valence-electron chi connectivity index (χ4n) is 2.92. The van der Waals surface area contributed by atoms with Crippen molar-refractivity contribution in [2.24, 2.45) is 0 Å². The summed E-state index contributed by atoms with van der Waals surface area (Å²) >= 11 is 0. The van der Waals surface area contributed by atoms with Crippen molar-refractivity contribution in [1.82, 2.24) is 20.2 Å². The zero-order valence-corrected chi connectivity index (χ0v) is 12.3. The maximum Gasteiger partial charge on any atom is 0.323 e. The van der Waals surface area contributed by atoms with Gasteiger partial charge in [0.05, 0.1) is 11.0 Å². The Bertz CT molecular complexity index is 718. The van der Waals surface area contributed by atoms with Crippen LogP contribution in [0.2, 0.25) is 0 Å². The number of nitrogens with one attached hydrogen (secondary N) is 3. The molecule has 1 aliphatic heterocycles. The lowest BCUT2D eigenvalue weighted by Crippen LogP contribution is -2.47. The van der Waals surface area contributed by atoms with Crippen molar-refractivity contribution >= 4 is 16.9 Å². The van der Waals surface area contributed by atoms with Crippen LogP contribution in [0, 0.1) is 0 Å². The third kappa shape index (κ3) is 2.85. The number of benzene rings is 1. The Morgan fingerprint density at radius 2 is 2.05 bits per heavy atom. The van der Waals surface area contributed by atoms with Crippen molar-refractivity contribution in [3.05, 3.63) is 34.2 Å². The van der Waals surface area contributed by atoms with E-state index >= 15 is 0 Å². The van der Waals surface area contributed by atoms with E-state index < -0.39 is 0 Å². The minimum Gasteiger partial charge on any atom is -0.344 e. The summed E-state index contributed by atoms with van der Waals surface area (Å²) < 4.78 is 0. The minimum atomic E-state index is -0.185. The molecule has 2 unspecified atom stereocenters. The van der Waals surface area contributed by atoms with Gasteiger partial charge in [0.2, 0.25) is 5.91 Å². The van der Waals surface area contributed by atoms with Crippen LogP contribution in [-0.4, -0.2) is 40.4 Å². The highest BCUT2D eigenvalue weighted by Crippen LogP contribution is 2.19. The van der Waals surface area contributed by atoms with Gasteiger partial charge in [0.1, 0.15) is 0 Å². The molecule has 3 rings (SSSR count). The van der Waals surface area contributed by atoms with Crippen molar-refractivity contribution in [3.63, 3.8) is 0 Å². The van der Waals surface area contributed by atoms with E-state index in [1.54, 1.807) is 4.90 Å². The second kappa shape index (κ2) is 5.37. The first kappa shape index (κ1) is 13.9. The van der Waals surface area contributed by atoms with Gasteiger partial charge >= 0.3 is 5.69 Å². The topological polar surface area (TPSA) is 81.0 Å². The predicted octanol–water partition coefficient (Wildman–Crippen LogP) is 1.13. The molecule has 1 amide bonds. The van der Waals surface area contributed by atoms with Gasteiger partial charge < -0.3 is 20.2 Å². The monoisotopic (exact) mass is 288 g/mol. The number of likely N-dealkylation sites (N-methyl/N-ethyl adjacent to an activating group) is 1. The van der Waals surface area contributed by atoms with Crippen LogP contribution in [0.15, 0.2) is 23.0 Å². The molecule has 21 heavy (non-hydrogen) atoms. The number of H-pyrrole nitrogens is 2. The van der Waals surface area contributed by atoms with Gasteiger partial charge in [-0.15, -0.1) is 0 Å². The zero-order chi connectivity index (χ0) is 15.0. The van der Waals surface area contributed by atoms with Crippen LogP contribution in [0.3, 0.4) is 0 Å². The first-order chi connectivity index (χ1) is 10.0. The fourth-order valence-corrected chi connectivity index (χ4v) is 2.92. The van der Waals surface area contributed by atoms with Crippen molar-refractivity contribution < 1.29 is 4.79 Å². The van der Waals surface area contributed by atoms with Gasteiger partial charge in [-0.3, -0.25) is 4.79 Å². The molecule has 1 saturated heterocycles. The molecule has 112 valence electrons. The highest BCUT2D eigenvalue weighted by molar-refractivity contribution is 5.77. The van der Waals surface area contributed by atoms with Gasteiger partial charge in [0.25, 0.3) is 0 Å². The van der Waals surface area contributed by atoms with E-state index in [2.05, 4.69) is 22.2 Å². The summed E-state index contributed by atoms with van der Waals surface area (Å²) in [6.45, 7) is 2.84. The SMILES string of the molecule is CC(NC1CCC(=O)N(C)C1)c1ccc2[nH]c(=O)[nH]c2c1. The molecule has 6 heteroatoms. The molecule has 0 bridgehead atoms. The molecule has 1 aromatic heterocycles. The molecule has 2 heterocycles. The van der Waals surface area contributed by atoms with Gasteiger partial charge in [0, 0.05) is 32.1 Å². The lowest BCUT2D eigenvalue weighted by molar-refractivity contribution is -0.132. The van der Waals surface area contributed by atoms with Gasteiger partial charge in [-0.1, -0.05) is 6.07 Å². The Kier molecular flexibility index (Phi) is 3.55. The largest absolute Gasteiger partial charge is 0.344 e. The van der Waals surface area contributed by atoms with E-state index in [1.807, 2.05) is 25.2 Å². The van der Waals surface area contributed by atoms with Crippen LogP contribution in [0.4, 0.5) is 0 Å². The molecular weight excluding hydrogens is 268 g/mol. The highest BCUT2D eigenvalue weighted by atomic mass is 16.2. The number of aromatic nitrogens is 2. The van der Waals surface area contributed by atoms with Crippen LogP contribution in [0.5, 0.6) is 0 Å². The number of amides is 1. The number of carbonyl (C=O) groups is 1. The average molecular weight is 288 g/mol. The van der Waals surface area contributed by atoms with Crippen molar-refractivity contribution in [2.45, 2.75) is 31.8 Å². The quantitative estimate of drug-likeness (QED) is 0.792. The van der Waals surface area contributed by atoms with E-state index in [9.17, 15) is 9.59 Å². The number of carbonyl (C=O) groups excluding carboxylic acids is 1. The highest BCUT2D eigenvalue weighted by Gasteiger charge is 2.24. The Hall–Kier alpha value is -2.08. The summed E-state index contributed by atoms with van der Waals surface area (Å²) in [7, 11) is 1.84. The van der Waals surface area contributed by atoms with E-state index in [1.165, 1.54) is 0 Å². The molecule has 1 fully saturated rings. The molecular formula is C15H20N4O2. The van der Waals surface area contributed by atoms with E-state index in [0.29, 0.717) is 12.5 Å². The van der Waals surface area contributed by atoms with Crippen LogP contribution in [0.25, 0.3) is 11.0 Å². The van der Waals surface area contributed by atoms with Crippen LogP contribution in [-0.2, 0) is 4.79 Å². The van der Waals surface area contributed by atoms with Crippen molar-refractivity contribution in [1.29, 1.82) is 0 Å². The summed E-state index contributed by atoms with van der Waals surface area (Å²) in [6, 6.07) is 6.39. The lowest BCUT2D eigenvalue weighted by Gasteiger charge is -2.32. The third-order valence-electron chi connectivity index (χ3n) is 4.15. The number of nitrogens with zero attached hydrogens (tertiary/aromatic N) is 1. The summed E-state index contributed by atoms with van der Waals surface area (Å²) in [5.74, 6) is 0.215. The van der Waals surface area contributed by atoms with Crippen molar-refractivity contribution in [3.8, 4) is 0 Å². The van der Waals surface area contributed by atoms with Gasteiger partial charge in [0.15, 0.2) is 0 Å². The molecule has 0 aliphatic carbocycles. The number of imidazole rings is 1. The minimum absolute atomic E-state index is 0.166. The molecule has 0 radical (unpaired) electrons. The third-order valence-corrected chi connectivity index (χ3v) is 4.15. The second-order valence-corrected chi connectivity index (χ2v) is 5.78. The van der Waals surface area contributed by atoms with E-state index in [0.717, 1.165) is 29.6 Å². The molecule has 3 N–H and O–H groups in total. The van der Waals surface area contributed by atoms with Crippen LogP contribution >= 0.6 is 0 Å². The molecule has 2 aromatic rings. The van der Waals surface area contributed by atoms with Gasteiger partial charge in [-0.2, -0.15) is 0 Å². The summed E-state index contributed by atoms with van der Waals surface area (Å²) in [4.78, 5) is 30.1. The van der Waals surface area contributed by atoms with Crippen LogP contribution in [0.1, 0.15) is 31.4 Å². The maximum atomic E-state index is 11.5. The number of hydrogen-bond donors (Lipinski definition) is 3. The number of piperidine rings is 1. The van der Waals surface area contributed by atoms with Gasteiger partial charge in [-0.05, 0) is 31.0 Å². The van der Waals surface area contributed by atoms with Crippen LogP contribution < -0.4 is 11.0 Å². The summed E-state index contributed by atoms with van der Waals surface area (Å²) in [5.41, 5.74) is 2.58. The van der Waals surface area contributed by atoms with Gasteiger partial charge in [-0.25, -0.2) is 4.79 Å². The molecule has 0 saturated carbocycles. The Morgan fingerprint density at radius 1 is 1.29 bits per heavy atom. The van der Waals surface area contributed by atoms with Crippen molar-refractivity contribution in [2.75, 3.05) is 13.6 Å². The Morgan fingerprint density at radius 3 is 2.81 bits per heavy atom. The number of likely N-dealkylation sites (tertiary alicyclic amines) is 1. The molecule has 2 atom stereocenters. The average Bonchev–Trinajstić information content (AvgIpc) is 2.82. The first-order valence-corrected chi connectivity index (χ1v) is 7.25. The zero-order valence-electron chi connectivity index (χ0n) is 12.3. The standard InChI is InChI=1S/C15H20N4O2/c1-9(16-11-4-6-14(20)19(2)8-11)10-3-5-12-13(7-10)18-15(21)17-12/h3,5,7,9,11,16H,4,6,8H2,1-2H3,(H2,17,18,21). The predicted molar refractivity (Wildman–Crippen MR) is 81.1 cm³/mol. The lowest BCUT2D eigenvalue weighted by atomic mass is 10.0. The molecule has 1 aromatic carbocycles. The maximum absolute atomic E-state index is 11.5. The molecule has 6 nitrogen and oxygen atoms in total. The fraction of sp³-hybridized carbons (Fsp3) is 0.467. The summed E-state index contributed by atoms with van der Waals surface area (Å²) in [5, 5.41) is 3.56. The molecule has 1 aliphatic rings. The summed E-state index contributed by atoms with van der Waals surface area (Å²) in [6.07, 6.45) is 1.47. The Labute approximate surface area is 122 Å². The number of fused-ring (bicyclic) bond motifs is 1. The number of hydrogen-bond acceptors (Lipinski definition) is 3. The Balaban J connectivity index is 1.72. The number of aromatic amines is 2. The number of rotatable bonds is 3. The van der Waals surface area contributed by atoms with E-state index in [4.69, 9.17) is 0 Å². The smallest absolute Gasteiger partial charge is 0.323 e. The van der Waals surface area contributed by atoms with E-state index in [-0.39, 0.29) is 17.6 Å². The first-order valence-electron chi connectivity index (χ1n) is 7.25. The molecule has 0 spiro atoms. The second-order valence-electron chi connectivity index (χ2n) is 5.78.